The fourth-order valence-electron chi connectivity index (χ4n) is 2.21. The van der Waals surface area contributed by atoms with E-state index in [4.69, 9.17) is 0 Å². The molecule has 0 bridgehead atoms. The zero-order valence-corrected chi connectivity index (χ0v) is 13.8. The predicted octanol–water partition coefficient (Wildman–Crippen LogP) is 4.42. The monoisotopic (exact) mass is 357 g/mol. The van der Waals surface area contributed by atoms with Crippen LogP contribution in [0, 0.1) is 22.9 Å². The van der Waals surface area contributed by atoms with Crippen molar-refractivity contribution in [3.8, 4) is 10.6 Å². The molecule has 1 heterocycles. The number of nitrogens with one attached hydrogen (secondary N) is 1. The second kappa shape index (κ2) is 6.78. The molecule has 0 fully saturated rings. The van der Waals surface area contributed by atoms with Crippen molar-refractivity contribution >= 4 is 28.6 Å². The summed E-state index contributed by atoms with van der Waals surface area (Å²) in [4.78, 5) is 27.1. The Balaban J connectivity index is 1.82. The lowest BCUT2D eigenvalue weighted by Gasteiger charge is -2.04. The summed E-state index contributed by atoms with van der Waals surface area (Å²) in [5.41, 5.74) is 1.05. The minimum atomic E-state index is -0.506. The van der Waals surface area contributed by atoms with Crippen LogP contribution in [0.4, 0.5) is 15.8 Å². The Kier molecular flexibility index (Phi) is 4.53. The summed E-state index contributed by atoms with van der Waals surface area (Å²) in [5, 5.41) is 14.0. The molecule has 6 nitrogen and oxygen atoms in total. The van der Waals surface area contributed by atoms with Crippen LogP contribution in [0.25, 0.3) is 10.6 Å². The third-order valence-corrected chi connectivity index (χ3v) is 4.53. The molecule has 25 heavy (non-hydrogen) atoms. The summed E-state index contributed by atoms with van der Waals surface area (Å²) in [6.45, 7) is 1.62. The van der Waals surface area contributed by atoms with Crippen LogP contribution in [0.1, 0.15) is 15.2 Å². The zero-order chi connectivity index (χ0) is 18.0. The van der Waals surface area contributed by atoms with Crippen LogP contribution in [0.5, 0.6) is 0 Å². The molecule has 1 amide bonds. The number of anilines is 1. The van der Waals surface area contributed by atoms with Gasteiger partial charge >= 0.3 is 0 Å². The first kappa shape index (κ1) is 16.7. The van der Waals surface area contributed by atoms with E-state index in [2.05, 4.69) is 10.3 Å². The topological polar surface area (TPSA) is 85.1 Å². The molecule has 2 aromatic carbocycles. The van der Waals surface area contributed by atoms with Gasteiger partial charge in [0.25, 0.3) is 11.6 Å². The fraction of sp³-hybridized carbons (Fsp3) is 0.0588. The molecule has 0 aliphatic rings. The highest BCUT2D eigenvalue weighted by Crippen LogP contribution is 2.28. The molecule has 3 rings (SSSR count). The van der Waals surface area contributed by atoms with Crippen molar-refractivity contribution in [2.75, 3.05) is 5.32 Å². The Labute approximate surface area is 146 Å². The maximum atomic E-state index is 13.8. The number of halogens is 1. The van der Waals surface area contributed by atoms with Crippen LogP contribution in [0.2, 0.25) is 0 Å². The first-order valence-electron chi connectivity index (χ1n) is 7.23. The van der Waals surface area contributed by atoms with E-state index in [0.717, 1.165) is 11.3 Å². The third-order valence-electron chi connectivity index (χ3n) is 3.50. The molecule has 1 aromatic heterocycles. The second-order valence-corrected chi connectivity index (χ2v) is 6.25. The van der Waals surface area contributed by atoms with Gasteiger partial charge in [0.15, 0.2) is 0 Å². The van der Waals surface area contributed by atoms with E-state index >= 15 is 0 Å². The normalized spacial score (nSPS) is 10.5. The van der Waals surface area contributed by atoms with Crippen molar-refractivity contribution in [1.29, 1.82) is 0 Å². The predicted molar refractivity (Wildman–Crippen MR) is 93.3 cm³/mol. The van der Waals surface area contributed by atoms with Gasteiger partial charge in [0, 0.05) is 22.9 Å². The lowest BCUT2D eigenvalue weighted by molar-refractivity contribution is -0.385. The minimum Gasteiger partial charge on any atom is -0.321 e. The van der Waals surface area contributed by atoms with Gasteiger partial charge in [0.1, 0.15) is 15.7 Å². The van der Waals surface area contributed by atoms with E-state index in [9.17, 15) is 19.3 Å². The third kappa shape index (κ3) is 3.53. The van der Waals surface area contributed by atoms with Gasteiger partial charge in [0.05, 0.1) is 11.1 Å². The van der Waals surface area contributed by atoms with Crippen molar-refractivity contribution in [2.45, 2.75) is 6.92 Å². The number of benzene rings is 2. The van der Waals surface area contributed by atoms with E-state index in [1.54, 1.807) is 37.3 Å². The number of aryl methyl sites for hydroxylation is 1. The van der Waals surface area contributed by atoms with E-state index in [1.807, 2.05) is 0 Å². The molecule has 0 spiro atoms. The van der Waals surface area contributed by atoms with Gasteiger partial charge in [-0.2, -0.15) is 0 Å². The Bertz CT molecular complexity index is 971. The maximum absolute atomic E-state index is 13.8. The van der Waals surface area contributed by atoms with Crippen molar-refractivity contribution in [2.24, 2.45) is 0 Å². The van der Waals surface area contributed by atoms with Crippen LogP contribution < -0.4 is 5.32 Å². The first-order valence-corrected chi connectivity index (χ1v) is 8.04. The molecule has 0 aliphatic heterocycles. The largest absolute Gasteiger partial charge is 0.321 e. The van der Waals surface area contributed by atoms with Gasteiger partial charge in [-0.3, -0.25) is 14.9 Å². The maximum Gasteiger partial charge on any atom is 0.274 e. The molecule has 0 aliphatic carbocycles. The highest BCUT2D eigenvalue weighted by molar-refractivity contribution is 7.17. The van der Waals surface area contributed by atoms with Crippen LogP contribution in [0.3, 0.4) is 0 Å². The quantitative estimate of drug-likeness (QED) is 0.553. The zero-order valence-electron chi connectivity index (χ0n) is 13.0. The number of thiazole rings is 1. The Morgan fingerprint density at radius 3 is 2.76 bits per heavy atom. The smallest absolute Gasteiger partial charge is 0.274 e. The lowest BCUT2D eigenvalue weighted by atomic mass is 10.2. The molecule has 1 N–H and O–H groups in total. The fourth-order valence-corrected chi connectivity index (χ4v) is 3.05. The van der Waals surface area contributed by atoms with Crippen LogP contribution in [-0.2, 0) is 0 Å². The van der Waals surface area contributed by atoms with E-state index in [1.165, 1.54) is 18.3 Å². The Morgan fingerprint density at radius 1 is 1.28 bits per heavy atom. The van der Waals surface area contributed by atoms with Crippen molar-refractivity contribution in [1.82, 2.24) is 4.98 Å². The molecular formula is C17H12FN3O3S. The summed E-state index contributed by atoms with van der Waals surface area (Å²) in [6.07, 6.45) is 1.35. The number of carbonyl (C=O) groups is 1. The molecule has 0 saturated heterocycles. The highest BCUT2D eigenvalue weighted by Gasteiger charge is 2.16. The number of hydrogen-bond donors (Lipinski definition) is 1. The van der Waals surface area contributed by atoms with Crippen LogP contribution in [0.15, 0.2) is 48.7 Å². The number of carbonyl (C=O) groups excluding carboxylic acids is 1. The molecule has 3 aromatic rings. The second-order valence-electron chi connectivity index (χ2n) is 5.22. The summed E-state index contributed by atoms with van der Waals surface area (Å²) in [7, 11) is 0. The standard InChI is InChI=1S/C17H12FN3O3S/c1-10-6-7-11(8-14(10)21(23)24)20-16(22)15-9-19-17(25-15)12-4-2-3-5-13(12)18/h2-9H,1H3,(H,20,22). The molecule has 0 radical (unpaired) electrons. The summed E-state index contributed by atoms with van der Waals surface area (Å²) < 4.78 is 13.8. The number of nitro benzene ring substituents is 1. The van der Waals surface area contributed by atoms with Gasteiger partial charge in [-0.25, -0.2) is 9.37 Å². The van der Waals surface area contributed by atoms with Crippen LogP contribution in [-0.4, -0.2) is 15.8 Å². The van der Waals surface area contributed by atoms with Crippen LogP contribution >= 0.6 is 11.3 Å². The average molecular weight is 357 g/mol. The minimum absolute atomic E-state index is 0.0749. The number of aromatic nitrogens is 1. The molecule has 0 unspecified atom stereocenters. The summed E-state index contributed by atoms with van der Waals surface area (Å²) in [5.74, 6) is -0.879. The van der Waals surface area contributed by atoms with E-state index < -0.39 is 16.6 Å². The van der Waals surface area contributed by atoms with Gasteiger partial charge in [-0.15, -0.1) is 11.3 Å². The Hall–Kier alpha value is -3.13. The average Bonchev–Trinajstić information content (AvgIpc) is 3.06. The van der Waals surface area contributed by atoms with Crippen molar-refractivity contribution in [3.05, 3.63) is 75.0 Å². The van der Waals surface area contributed by atoms with Gasteiger partial charge < -0.3 is 5.32 Å². The number of amides is 1. The first-order chi connectivity index (χ1) is 12.0. The van der Waals surface area contributed by atoms with Crippen molar-refractivity contribution < 1.29 is 14.1 Å². The number of rotatable bonds is 4. The number of hydrogen-bond acceptors (Lipinski definition) is 5. The summed E-state index contributed by atoms with van der Waals surface area (Å²) >= 11 is 1.04. The van der Waals surface area contributed by atoms with E-state index in [-0.39, 0.29) is 10.6 Å². The summed E-state index contributed by atoms with van der Waals surface area (Å²) in [6, 6.07) is 10.6. The van der Waals surface area contributed by atoms with Crippen molar-refractivity contribution in [3.63, 3.8) is 0 Å². The Morgan fingerprint density at radius 2 is 2.04 bits per heavy atom. The SMILES string of the molecule is Cc1ccc(NC(=O)c2cnc(-c3ccccc3F)s2)cc1[N+](=O)[O-]. The van der Waals surface area contributed by atoms with Gasteiger partial charge in [0.2, 0.25) is 0 Å². The molecular weight excluding hydrogens is 345 g/mol. The number of nitro groups is 1. The van der Waals surface area contributed by atoms with Gasteiger partial charge in [-0.05, 0) is 25.1 Å². The molecule has 8 heteroatoms. The molecule has 0 atom stereocenters. The number of nitrogens with zero attached hydrogens (tertiary/aromatic N) is 2. The van der Waals surface area contributed by atoms with E-state index in [0.29, 0.717) is 21.8 Å². The molecule has 0 saturated carbocycles. The molecule has 126 valence electrons. The highest BCUT2D eigenvalue weighted by atomic mass is 32.1. The van der Waals surface area contributed by atoms with Gasteiger partial charge in [-0.1, -0.05) is 18.2 Å². The lowest BCUT2D eigenvalue weighted by Crippen LogP contribution is -2.10.